The van der Waals surface area contributed by atoms with Crippen molar-refractivity contribution in [3.8, 4) is 5.75 Å². The first kappa shape index (κ1) is 15.3. The van der Waals surface area contributed by atoms with Crippen LogP contribution >= 0.6 is 0 Å². The average molecular weight is 286 g/mol. The van der Waals surface area contributed by atoms with Gasteiger partial charge in [-0.2, -0.15) is 0 Å². The molecule has 0 aliphatic carbocycles. The lowest BCUT2D eigenvalue weighted by atomic mass is 10.0. The first-order valence-electron chi connectivity index (χ1n) is 7.12. The minimum atomic E-state index is -0.217. The Balaban J connectivity index is 2.26. The highest BCUT2D eigenvalue weighted by Crippen LogP contribution is 2.27. The Hall–Kier alpha value is -2.07. The van der Waals surface area contributed by atoms with Crippen LogP contribution in [0.15, 0.2) is 36.4 Å². The smallest absolute Gasteiger partial charge is 0.224 e. The molecule has 21 heavy (non-hydrogen) atoms. The molecule has 0 aliphatic rings. The highest BCUT2D eigenvalue weighted by Gasteiger charge is 2.17. The van der Waals surface area contributed by atoms with Gasteiger partial charge in [0.15, 0.2) is 0 Å². The Labute approximate surface area is 125 Å². The monoisotopic (exact) mass is 286 g/mol. The number of carbonyl (C=O) groups is 1. The first-order chi connectivity index (χ1) is 10.0. The van der Waals surface area contributed by atoms with E-state index in [0.717, 1.165) is 22.1 Å². The van der Waals surface area contributed by atoms with Gasteiger partial charge in [-0.25, -0.2) is 0 Å². The number of hydrogen-bond donors (Lipinski definition) is 2. The molecule has 0 radical (unpaired) electrons. The molecule has 1 amide bonds. The van der Waals surface area contributed by atoms with Gasteiger partial charge in [0.05, 0.1) is 7.11 Å². The molecule has 2 aromatic carbocycles. The summed E-state index contributed by atoms with van der Waals surface area (Å²) in [5.41, 5.74) is 6.75. The van der Waals surface area contributed by atoms with Crippen LogP contribution in [-0.2, 0) is 11.3 Å². The molecule has 2 atom stereocenters. The largest absolute Gasteiger partial charge is 0.496 e. The predicted molar refractivity (Wildman–Crippen MR) is 85.2 cm³/mol. The predicted octanol–water partition coefficient (Wildman–Crippen LogP) is 2.45. The van der Waals surface area contributed by atoms with Gasteiger partial charge in [0.1, 0.15) is 5.75 Å². The molecule has 0 bridgehead atoms. The van der Waals surface area contributed by atoms with Gasteiger partial charge in [0.2, 0.25) is 5.91 Å². The van der Waals surface area contributed by atoms with E-state index in [9.17, 15) is 4.79 Å². The fraction of sp³-hybridized carbons (Fsp3) is 0.353. The van der Waals surface area contributed by atoms with Gasteiger partial charge in [-0.05, 0) is 23.8 Å². The number of fused-ring (bicyclic) bond motifs is 1. The van der Waals surface area contributed by atoms with Crippen LogP contribution in [0.4, 0.5) is 0 Å². The minimum Gasteiger partial charge on any atom is -0.496 e. The number of methoxy groups -OCH3 is 1. The Bertz CT molecular complexity index is 638. The lowest BCUT2D eigenvalue weighted by Gasteiger charge is -2.17. The van der Waals surface area contributed by atoms with E-state index in [-0.39, 0.29) is 17.9 Å². The van der Waals surface area contributed by atoms with Gasteiger partial charge in [0.25, 0.3) is 0 Å². The number of nitrogens with two attached hydrogens (primary N) is 1. The molecular formula is C17H22N2O2. The standard InChI is InChI=1S/C17H22N2O2/c1-11(12(2)18)17(20)19-10-15-14-7-5-4-6-13(14)8-9-16(15)21-3/h4-9,11-12H,10,18H2,1-3H3,(H,19,20). The molecule has 2 aromatic rings. The second kappa shape index (κ2) is 6.59. The molecule has 2 rings (SSSR count). The molecule has 0 spiro atoms. The number of benzene rings is 2. The maximum atomic E-state index is 12.1. The van der Waals surface area contributed by atoms with Crippen molar-refractivity contribution in [2.75, 3.05) is 7.11 Å². The van der Waals surface area contributed by atoms with Crippen LogP contribution in [0.1, 0.15) is 19.4 Å². The van der Waals surface area contributed by atoms with Crippen molar-refractivity contribution in [2.45, 2.75) is 26.4 Å². The normalized spacial score (nSPS) is 13.7. The zero-order chi connectivity index (χ0) is 15.4. The summed E-state index contributed by atoms with van der Waals surface area (Å²) in [4.78, 5) is 12.1. The van der Waals surface area contributed by atoms with Crippen LogP contribution in [0.3, 0.4) is 0 Å². The maximum Gasteiger partial charge on any atom is 0.224 e. The van der Waals surface area contributed by atoms with E-state index >= 15 is 0 Å². The molecule has 0 saturated heterocycles. The van der Waals surface area contributed by atoms with Crippen molar-refractivity contribution in [1.82, 2.24) is 5.32 Å². The van der Waals surface area contributed by atoms with Gasteiger partial charge in [0, 0.05) is 24.1 Å². The summed E-state index contributed by atoms with van der Waals surface area (Å²) in [6, 6.07) is 11.8. The Kier molecular flexibility index (Phi) is 4.81. The summed E-state index contributed by atoms with van der Waals surface area (Å²) in [7, 11) is 1.64. The van der Waals surface area contributed by atoms with Gasteiger partial charge >= 0.3 is 0 Å². The van der Waals surface area contributed by atoms with Crippen molar-refractivity contribution in [1.29, 1.82) is 0 Å². The summed E-state index contributed by atoms with van der Waals surface area (Å²) in [6.07, 6.45) is 0. The third-order valence-corrected chi connectivity index (χ3v) is 3.86. The van der Waals surface area contributed by atoms with Crippen molar-refractivity contribution in [3.63, 3.8) is 0 Å². The summed E-state index contributed by atoms with van der Waals surface area (Å²) >= 11 is 0. The average Bonchev–Trinajstić information content (AvgIpc) is 2.51. The maximum absolute atomic E-state index is 12.1. The zero-order valence-corrected chi connectivity index (χ0v) is 12.7. The van der Waals surface area contributed by atoms with E-state index in [1.807, 2.05) is 50.2 Å². The van der Waals surface area contributed by atoms with E-state index in [0.29, 0.717) is 6.54 Å². The van der Waals surface area contributed by atoms with E-state index < -0.39 is 0 Å². The van der Waals surface area contributed by atoms with Gasteiger partial charge in [-0.15, -0.1) is 0 Å². The fourth-order valence-corrected chi connectivity index (χ4v) is 2.26. The number of ether oxygens (including phenoxy) is 1. The molecule has 0 aromatic heterocycles. The molecule has 4 nitrogen and oxygen atoms in total. The number of carbonyl (C=O) groups excluding carboxylic acids is 1. The summed E-state index contributed by atoms with van der Waals surface area (Å²) in [6.45, 7) is 4.10. The third-order valence-electron chi connectivity index (χ3n) is 3.86. The molecule has 0 aliphatic heterocycles. The second-order valence-corrected chi connectivity index (χ2v) is 5.33. The third kappa shape index (κ3) is 3.34. The Morgan fingerprint density at radius 1 is 1.24 bits per heavy atom. The number of hydrogen-bond acceptors (Lipinski definition) is 3. The van der Waals surface area contributed by atoms with E-state index in [2.05, 4.69) is 5.32 Å². The van der Waals surface area contributed by atoms with Crippen molar-refractivity contribution >= 4 is 16.7 Å². The molecular weight excluding hydrogens is 264 g/mol. The molecule has 2 unspecified atom stereocenters. The van der Waals surface area contributed by atoms with Crippen LogP contribution in [0.5, 0.6) is 5.75 Å². The summed E-state index contributed by atoms with van der Waals surface area (Å²) < 4.78 is 5.42. The van der Waals surface area contributed by atoms with Crippen LogP contribution in [0, 0.1) is 5.92 Å². The van der Waals surface area contributed by atoms with E-state index in [1.165, 1.54) is 0 Å². The molecule has 112 valence electrons. The summed E-state index contributed by atoms with van der Waals surface area (Å²) in [5.74, 6) is 0.522. The Morgan fingerprint density at radius 3 is 2.62 bits per heavy atom. The van der Waals surface area contributed by atoms with E-state index in [1.54, 1.807) is 7.11 Å². The fourth-order valence-electron chi connectivity index (χ4n) is 2.26. The highest BCUT2D eigenvalue weighted by molar-refractivity contribution is 5.88. The summed E-state index contributed by atoms with van der Waals surface area (Å²) in [5, 5.41) is 5.16. The Morgan fingerprint density at radius 2 is 1.95 bits per heavy atom. The second-order valence-electron chi connectivity index (χ2n) is 5.33. The van der Waals surface area contributed by atoms with Crippen LogP contribution in [0.2, 0.25) is 0 Å². The zero-order valence-electron chi connectivity index (χ0n) is 12.7. The van der Waals surface area contributed by atoms with Crippen molar-refractivity contribution in [3.05, 3.63) is 42.0 Å². The van der Waals surface area contributed by atoms with Gasteiger partial charge in [-0.1, -0.05) is 37.3 Å². The molecule has 3 N–H and O–H groups in total. The molecule has 0 heterocycles. The number of nitrogens with one attached hydrogen (secondary N) is 1. The van der Waals surface area contributed by atoms with Crippen molar-refractivity contribution < 1.29 is 9.53 Å². The topological polar surface area (TPSA) is 64.3 Å². The first-order valence-corrected chi connectivity index (χ1v) is 7.12. The van der Waals surface area contributed by atoms with Crippen LogP contribution in [-0.4, -0.2) is 19.1 Å². The minimum absolute atomic E-state index is 0.0417. The van der Waals surface area contributed by atoms with Crippen LogP contribution in [0.25, 0.3) is 10.8 Å². The molecule has 0 saturated carbocycles. The van der Waals surface area contributed by atoms with Gasteiger partial charge < -0.3 is 15.8 Å². The number of amides is 1. The number of rotatable bonds is 5. The lowest BCUT2D eigenvalue weighted by molar-refractivity contribution is -0.125. The molecule has 0 fully saturated rings. The quantitative estimate of drug-likeness (QED) is 0.887. The van der Waals surface area contributed by atoms with E-state index in [4.69, 9.17) is 10.5 Å². The van der Waals surface area contributed by atoms with Crippen LogP contribution < -0.4 is 15.8 Å². The van der Waals surface area contributed by atoms with Gasteiger partial charge in [-0.3, -0.25) is 4.79 Å². The molecule has 4 heteroatoms. The van der Waals surface area contributed by atoms with Crippen molar-refractivity contribution in [2.24, 2.45) is 11.7 Å². The SMILES string of the molecule is COc1ccc2ccccc2c1CNC(=O)C(C)C(C)N. The highest BCUT2D eigenvalue weighted by atomic mass is 16.5. The lowest BCUT2D eigenvalue weighted by Crippen LogP contribution is -2.38.